The van der Waals surface area contributed by atoms with Gasteiger partial charge >= 0.3 is 6.09 Å². The van der Waals surface area contributed by atoms with Gasteiger partial charge in [0, 0.05) is 49.8 Å². The van der Waals surface area contributed by atoms with E-state index in [1.807, 2.05) is 6.20 Å². The molecule has 4 rings (SSSR count). The predicted molar refractivity (Wildman–Crippen MR) is 64.3 cm³/mol. The largest absolute Gasteiger partial charge is 0.465 e. The molecule has 96 valence electrons. The fourth-order valence-electron chi connectivity index (χ4n) is 3.42. The van der Waals surface area contributed by atoms with E-state index in [0.29, 0.717) is 31.0 Å². The minimum absolute atomic E-state index is 0.511. The Labute approximate surface area is 105 Å². The van der Waals surface area contributed by atoms with E-state index in [4.69, 9.17) is 5.11 Å². The summed E-state index contributed by atoms with van der Waals surface area (Å²) in [7, 11) is 0. The Bertz CT molecular complexity index is 482. The Morgan fingerprint density at radius 3 is 2.72 bits per heavy atom. The van der Waals surface area contributed by atoms with Crippen LogP contribution in [0.1, 0.15) is 24.7 Å². The van der Waals surface area contributed by atoms with Gasteiger partial charge < -0.3 is 14.6 Å². The topological polar surface area (TPSA) is 58.4 Å². The summed E-state index contributed by atoms with van der Waals surface area (Å²) < 4.78 is 2.31. The maximum atomic E-state index is 10.9. The van der Waals surface area contributed by atoms with Gasteiger partial charge in [0.2, 0.25) is 0 Å². The van der Waals surface area contributed by atoms with E-state index in [-0.39, 0.29) is 0 Å². The molecule has 0 radical (unpaired) electrons. The highest BCUT2D eigenvalue weighted by Gasteiger charge is 2.58. The molecular formula is C13H17N3O2. The Kier molecular flexibility index (Phi) is 2.02. The molecule has 1 saturated heterocycles. The molecule has 0 bridgehead atoms. The highest BCUT2D eigenvalue weighted by atomic mass is 16.4. The molecule has 1 amide bonds. The molecule has 2 heterocycles. The van der Waals surface area contributed by atoms with E-state index in [0.717, 1.165) is 12.3 Å². The number of carboxylic acid groups (broad SMARTS) is 1. The Morgan fingerprint density at radius 2 is 2.11 bits per heavy atom. The van der Waals surface area contributed by atoms with Crippen molar-refractivity contribution in [3.8, 4) is 0 Å². The lowest BCUT2D eigenvalue weighted by Gasteiger charge is -2.17. The van der Waals surface area contributed by atoms with Crippen molar-refractivity contribution in [2.75, 3.05) is 13.1 Å². The molecule has 1 aliphatic heterocycles. The molecule has 1 N–H and O–H groups in total. The van der Waals surface area contributed by atoms with Crippen molar-refractivity contribution in [3.63, 3.8) is 0 Å². The zero-order valence-corrected chi connectivity index (χ0v) is 10.2. The van der Waals surface area contributed by atoms with Crippen LogP contribution >= 0.6 is 0 Å². The average molecular weight is 247 g/mol. The molecule has 5 heteroatoms. The van der Waals surface area contributed by atoms with Gasteiger partial charge in [0.1, 0.15) is 5.82 Å². The molecular weight excluding hydrogens is 230 g/mol. The second-order valence-corrected chi connectivity index (χ2v) is 5.90. The van der Waals surface area contributed by atoms with E-state index in [1.54, 1.807) is 4.90 Å². The van der Waals surface area contributed by atoms with Crippen LogP contribution in [0, 0.1) is 17.8 Å². The first-order valence-corrected chi connectivity index (χ1v) is 6.73. The lowest BCUT2D eigenvalue weighted by atomic mass is 10.2. The van der Waals surface area contributed by atoms with Crippen molar-refractivity contribution in [1.82, 2.24) is 14.5 Å². The predicted octanol–water partition coefficient (Wildman–Crippen LogP) is 1.62. The fourth-order valence-corrected chi connectivity index (χ4v) is 3.42. The molecule has 1 unspecified atom stereocenters. The van der Waals surface area contributed by atoms with E-state index in [1.165, 1.54) is 18.7 Å². The van der Waals surface area contributed by atoms with Gasteiger partial charge in [-0.1, -0.05) is 0 Å². The van der Waals surface area contributed by atoms with E-state index in [9.17, 15) is 4.79 Å². The van der Waals surface area contributed by atoms with Gasteiger partial charge in [-0.25, -0.2) is 9.78 Å². The van der Waals surface area contributed by atoms with E-state index in [2.05, 4.69) is 15.7 Å². The van der Waals surface area contributed by atoms with Crippen LogP contribution in [0.2, 0.25) is 0 Å². The Hall–Kier alpha value is -1.52. The standard InChI is InChI=1S/C13H17N3O2/c17-13(18)15-6-9-10(7-15)12(9)16-4-3-14-11(16)5-8-1-2-8/h3-4,8-10,12H,1-2,5-7H2,(H,17,18)/t9-,10+,12?. The van der Waals surface area contributed by atoms with Crippen LogP contribution in [0.25, 0.3) is 0 Å². The number of amides is 1. The number of fused-ring (bicyclic) bond motifs is 1. The summed E-state index contributed by atoms with van der Waals surface area (Å²) in [6.07, 6.45) is 6.98. The second-order valence-electron chi connectivity index (χ2n) is 5.90. The molecule has 1 aromatic rings. The molecule has 3 aliphatic rings. The zero-order chi connectivity index (χ0) is 12.3. The van der Waals surface area contributed by atoms with Gasteiger partial charge in [-0.05, 0) is 18.8 Å². The molecule has 5 nitrogen and oxygen atoms in total. The van der Waals surface area contributed by atoms with Crippen LogP contribution in [0.3, 0.4) is 0 Å². The van der Waals surface area contributed by atoms with Crippen LogP contribution in [-0.2, 0) is 6.42 Å². The minimum atomic E-state index is -0.773. The van der Waals surface area contributed by atoms with Crippen LogP contribution in [0.15, 0.2) is 12.4 Å². The number of likely N-dealkylation sites (tertiary alicyclic amines) is 1. The lowest BCUT2D eigenvalue weighted by Crippen LogP contribution is -2.30. The SMILES string of the molecule is O=C(O)N1C[C@@H]2C(n3ccnc3CC3CC3)[C@@H]2C1. The summed E-state index contributed by atoms with van der Waals surface area (Å²) in [6.45, 7) is 1.40. The molecule has 18 heavy (non-hydrogen) atoms. The monoisotopic (exact) mass is 247 g/mol. The van der Waals surface area contributed by atoms with Gasteiger partial charge in [-0.3, -0.25) is 0 Å². The highest BCUT2D eigenvalue weighted by Crippen LogP contribution is 2.55. The van der Waals surface area contributed by atoms with Gasteiger partial charge in [0.05, 0.1) is 0 Å². The van der Waals surface area contributed by atoms with Gasteiger partial charge in [0.15, 0.2) is 0 Å². The third-order valence-corrected chi connectivity index (χ3v) is 4.66. The summed E-state index contributed by atoms with van der Waals surface area (Å²) in [5.74, 6) is 3.10. The summed E-state index contributed by atoms with van der Waals surface area (Å²) in [5.41, 5.74) is 0. The number of hydrogen-bond acceptors (Lipinski definition) is 2. The number of hydrogen-bond donors (Lipinski definition) is 1. The summed E-state index contributed by atoms with van der Waals surface area (Å²) in [4.78, 5) is 16.9. The molecule has 2 saturated carbocycles. The number of imidazole rings is 1. The fraction of sp³-hybridized carbons (Fsp3) is 0.692. The summed E-state index contributed by atoms with van der Waals surface area (Å²) in [5, 5.41) is 8.96. The van der Waals surface area contributed by atoms with E-state index >= 15 is 0 Å². The number of nitrogens with zero attached hydrogens (tertiary/aromatic N) is 3. The van der Waals surface area contributed by atoms with Crippen LogP contribution in [0.4, 0.5) is 4.79 Å². The summed E-state index contributed by atoms with van der Waals surface area (Å²) >= 11 is 0. The van der Waals surface area contributed by atoms with Crippen LogP contribution in [0.5, 0.6) is 0 Å². The van der Waals surface area contributed by atoms with Crippen molar-refractivity contribution in [3.05, 3.63) is 18.2 Å². The van der Waals surface area contributed by atoms with E-state index < -0.39 is 6.09 Å². The van der Waals surface area contributed by atoms with Gasteiger partial charge in [-0.15, -0.1) is 0 Å². The second kappa shape index (κ2) is 3.49. The maximum absolute atomic E-state index is 10.9. The third-order valence-electron chi connectivity index (χ3n) is 4.66. The number of carbonyl (C=O) groups is 1. The highest BCUT2D eigenvalue weighted by molar-refractivity contribution is 5.65. The smallest absolute Gasteiger partial charge is 0.407 e. The van der Waals surface area contributed by atoms with Crippen molar-refractivity contribution >= 4 is 6.09 Å². The third kappa shape index (κ3) is 1.53. The molecule has 0 aromatic carbocycles. The van der Waals surface area contributed by atoms with Crippen molar-refractivity contribution in [1.29, 1.82) is 0 Å². The molecule has 0 spiro atoms. The molecule has 2 aliphatic carbocycles. The lowest BCUT2D eigenvalue weighted by molar-refractivity contribution is 0.148. The van der Waals surface area contributed by atoms with Gasteiger partial charge in [-0.2, -0.15) is 0 Å². The quantitative estimate of drug-likeness (QED) is 0.883. The van der Waals surface area contributed by atoms with Crippen molar-refractivity contribution < 1.29 is 9.90 Å². The van der Waals surface area contributed by atoms with Crippen LogP contribution in [-0.4, -0.2) is 38.7 Å². The molecule has 3 atom stereocenters. The Balaban J connectivity index is 1.47. The summed E-state index contributed by atoms with van der Waals surface area (Å²) in [6, 6.07) is 0.511. The zero-order valence-electron chi connectivity index (χ0n) is 10.2. The van der Waals surface area contributed by atoms with Gasteiger partial charge in [0.25, 0.3) is 0 Å². The van der Waals surface area contributed by atoms with Crippen molar-refractivity contribution in [2.45, 2.75) is 25.3 Å². The normalized spacial score (nSPS) is 33.6. The maximum Gasteiger partial charge on any atom is 0.407 e. The Morgan fingerprint density at radius 1 is 1.39 bits per heavy atom. The van der Waals surface area contributed by atoms with Crippen LogP contribution < -0.4 is 0 Å². The number of piperidine rings is 1. The van der Waals surface area contributed by atoms with Crippen molar-refractivity contribution in [2.24, 2.45) is 17.8 Å². The number of rotatable bonds is 3. The molecule has 3 fully saturated rings. The average Bonchev–Trinajstić information content (AvgIpc) is 3.17. The first-order valence-electron chi connectivity index (χ1n) is 6.73. The first-order chi connectivity index (χ1) is 8.74. The number of aromatic nitrogens is 2. The molecule has 1 aromatic heterocycles. The first kappa shape index (κ1) is 10.4. The minimum Gasteiger partial charge on any atom is -0.465 e.